The van der Waals surface area contributed by atoms with Crippen molar-refractivity contribution in [2.24, 2.45) is 10.9 Å². The molecule has 1 rings (SSSR count). The van der Waals surface area contributed by atoms with Crippen LogP contribution in [0.5, 0.6) is 0 Å². The Hall–Kier alpha value is -1.51. The van der Waals surface area contributed by atoms with Crippen LogP contribution >= 0.6 is 0 Å². The highest BCUT2D eigenvalue weighted by atomic mass is 15.1. The van der Waals surface area contributed by atoms with E-state index in [0.717, 1.165) is 11.3 Å². The molecule has 1 aromatic rings. The lowest BCUT2D eigenvalue weighted by Gasteiger charge is -1.91. The Balaban J connectivity index is 2.89. The van der Waals surface area contributed by atoms with E-state index in [1.54, 1.807) is 18.3 Å². The Kier molecular flexibility index (Phi) is 1.89. The Labute approximate surface area is 59.3 Å². The van der Waals surface area contributed by atoms with Crippen LogP contribution in [-0.2, 0) is 0 Å². The lowest BCUT2D eigenvalue weighted by molar-refractivity contribution is 1.26. The van der Waals surface area contributed by atoms with Gasteiger partial charge in [-0.3, -0.25) is 0 Å². The predicted octanol–water partition coefficient (Wildman–Crippen LogP) is 0.561. The molecule has 0 aliphatic rings. The molecule has 0 amide bonds. The topological polar surface area (TPSA) is 64.4 Å². The van der Waals surface area contributed by atoms with Gasteiger partial charge in [0.25, 0.3) is 0 Å². The van der Waals surface area contributed by atoms with Crippen LogP contribution in [0, 0.1) is 0 Å². The van der Waals surface area contributed by atoms with E-state index in [2.05, 4.69) is 5.10 Å². The second-order valence-electron chi connectivity index (χ2n) is 1.94. The molecule has 0 bridgehead atoms. The standard InChI is InChI=1S/C7H9N3/c8-7-3-1-6(2-4-7)5-10-9/h1-5H,8-9H2. The molecule has 3 nitrogen and oxygen atoms in total. The van der Waals surface area contributed by atoms with Gasteiger partial charge in [0.2, 0.25) is 0 Å². The van der Waals surface area contributed by atoms with E-state index in [4.69, 9.17) is 11.6 Å². The van der Waals surface area contributed by atoms with E-state index in [9.17, 15) is 0 Å². The maximum Gasteiger partial charge on any atom is 0.0538 e. The number of benzene rings is 1. The SMILES string of the molecule is NN=Cc1ccc(N)cc1. The van der Waals surface area contributed by atoms with E-state index < -0.39 is 0 Å². The zero-order chi connectivity index (χ0) is 7.40. The quantitative estimate of drug-likeness (QED) is 0.256. The van der Waals surface area contributed by atoms with E-state index in [-0.39, 0.29) is 0 Å². The van der Waals surface area contributed by atoms with Gasteiger partial charge in [0, 0.05) is 5.69 Å². The Morgan fingerprint density at radius 3 is 2.30 bits per heavy atom. The van der Waals surface area contributed by atoms with Crippen molar-refractivity contribution in [3.63, 3.8) is 0 Å². The lowest BCUT2D eigenvalue weighted by atomic mass is 10.2. The molecule has 0 atom stereocenters. The van der Waals surface area contributed by atoms with Crippen molar-refractivity contribution in [2.45, 2.75) is 0 Å². The van der Waals surface area contributed by atoms with Gasteiger partial charge in [0.05, 0.1) is 6.21 Å². The van der Waals surface area contributed by atoms with Crippen LogP contribution in [0.3, 0.4) is 0 Å². The number of nitrogens with two attached hydrogens (primary N) is 2. The summed E-state index contributed by atoms with van der Waals surface area (Å²) in [4.78, 5) is 0. The molecule has 0 aliphatic heterocycles. The summed E-state index contributed by atoms with van der Waals surface area (Å²) >= 11 is 0. The maximum absolute atomic E-state index is 5.45. The summed E-state index contributed by atoms with van der Waals surface area (Å²) in [5.41, 5.74) is 7.15. The number of hydrazone groups is 1. The van der Waals surface area contributed by atoms with Gasteiger partial charge in [0.15, 0.2) is 0 Å². The highest BCUT2D eigenvalue weighted by Gasteiger charge is 1.84. The molecule has 0 fully saturated rings. The third kappa shape index (κ3) is 1.48. The first-order chi connectivity index (χ1) is 4.83. The van der Waals surface area contributed by atoms with Crippen LogP contribution in [0.2, 0.25) is 0 Å². The third-order valence-corrected chi connectivity index (χ3v) is 1.16. The number of nitrogen functional groups attached to an aromatic ring is 1. The molecular formula is C7H9N3. The van der Waals surface area contributed by atoms with Crippen molar-refractivity contribution in [1.29, 1.82) is 0 Å². The fourth-order valence-electron chi connectivity index (χ4n) is 0.668. The molecule has 0 radical (unpaired) electrons. The fourth-order valence-corrected chi connectivity index (χ4v) is 0.668. The normalized spacial score (nSPS) is 10.4. The highest BCUT2D eigenvalue weighted by Crippen LogP contribution is 2.02. The molecular weight excluding hydrogens is 126 g/mol. The summed E-state index contributed by atoms with van der Waals surface area (Å²) in [7, 11) is 0. The van der Waals surface area contributed by atoms with E-state index in [1.807, 2.05) is 12.1 Å². The first kappa shape index (κ1) is 6.61. The van der Waals surface area contributed by atoms with Crippen molar-refractivity contribution >= 4 is 11.9 Å². The van der Waals surface area contributed by atoms with Gasteiger partial charge >= 0.3 is 0 Å². The number of hydrogen-bond acceptors (Lipinski definition) is 3. The fraction of sp³-hybridized carbons (Fsp3) is 0. The summed E-state index contributed by atoms with van der Waals surface area (Å²) in [6.45, 7) is 0. The monoisotopic (exact) mass is 135 g/mol. The van der Waals surface area contributed by atoms with Gasteiger partial charge in [-0.25, -0.2) is 0 Å². The van der Waals surface area contributed by atoms with Crippen molar-refractivity contribution in [3.8, 4) is 0 Å². The Morgan fingerprint density at radius 1 is 1.20 bits per heavy atom. The molecule has 1 aromatic carbocycles. The smallest absolute Gasteiger partial charge is 0.0538 e. The van der Waals surface area contributed by atoms with E-state index in [1.165, 1.54) is 0 Å². The van der Waals surface area contributed by atoms with Crippen molar-refractivity contribution in [3.05, 3.63) is 29.8 Å². The van der Waals surface area contributed by atoms with Crippen LogP contribution in [0.15, 0.2) is 29.4 Å². The summed E-state index contributed by atoms with van der Waals surface area (Å²) < 4.78 is 0. The third-order valence-electron chi connectivity index (χ3n) is 1.16. The molecule has 0 aromatic heterocycles. The van der Waals surface area contributed by atoms with Crippen molar-refractivity contribution in [2.75, 3.05) is 5.73 Å². The van der Waals surface area contributed by atoms with Gasteiger partial charge in [-0.15, -0.1) is 0 Å². The maximum atomic E-state index is 5.45. The van der Waals surface area contributed by atoms with Crippen LogP contribution < -0.4 is 11.6 Å². The molecule has 3 heteroatoms. The average molecular weight is 135 g/mol. The molecule has 0 spiro atoms. The summed E-state index contributed by atoms with van der Waals surface area (Å²) in [5.74, 6) is 4.94. The van der Waals surface area contributed by atoms with E-state index in [0.29, 0.717) is 0 Å². The van der Waals surface area contributed by atoms with Crippen molar-refractivity contribution in [1.82, 2.24) is 0 Å². The molecule has 52 valence electrons. The number of nitrogens with zero attached hydrogens (tertiary/aromatic N) is 1. The molecule has 0 aliphatic carbocycles. The molecule has 0 unspecified atom stereocenters. The number of anilines is 1. The lowest BCUT2D eigenvalue weighted by Crippen LogP contribution is -1.87. The zero-order valence-electron chi connectivity index (χ0n) is 5.49. The second-order valence-corrected chi connectivity index (χ2v) is 1.94. The second kappa shape index (κ2) is 2.87. The summed E-state index contributed by atoms with van der Waals surface area (Å²) in [6.07, 6.45) is 1.57. The molecule has 4 N–H and O–H groups in total. The van der Waals surface area contributed by atoms with E-state index >= 15 is 0 Å². The van der Waals surface area contributed by atoms with Gasteiger partial charge in [0.1, 0.15) is 0 Å². The molecule has 0 saturated carbocycles. The van der Waals surface area contributed by atoms with Crippen LogP contribution in [0.1, 0.15) is 5.56 Å². The Morgan fingerprint density at radius 2 is 1.80 bits per heavy atom. The minimum atomic E-state index is 0.745. The highest BCUT2D eigenvalue weighted by molar-refractivity contribution is 5.79. The first-order valence-electron chi connectivity index (χ1n) is 2.92. The summed E-state index contributed by atoms with van der Waals surface area (Å²) in [6, 6.07) is 7.31. The summed E-state index contributed by atoms with van der Waals surface area (Å²) in [5, 5.41) is 3.37. The molecule has 0 heterocycles. The van der Waals surface area contributed by atoms with Gasteiger partial charge in [-0.2, -0.15) is 5.10 Å². The van der Waals surface area contributed by atoms with Gasteiger partial charge in [-0.1, -0.05) is 12.1 Å². The first-order valence-corrected chi connectivity index (χ1v) is 2.92. The van der Waals surface area contributed by atoms with Gasteiger partial charge < -0.3 is 11.6 Å². The average Bonchev–Trinajstić information content (AvgIpc) is 1.95. The number of hydrogen-bond donors (Lipinski definition) is 2. The van der Waals surface area contributed by atoms with Crippen LogP contribution in [-0.4, -0.2) is 6.21 Å². The van der Waals surface area contributed by atoms with Gasteiger partial charge in [-0.05, 0) is 17.7 Å². The minimum absolute atomic E-state index is 0.745. The van der Waals surface area contributed by atoms with Crippen LogP contribution in [0.25, 0.3) is 0 Å². The number of rotatable bonds is 1. The molecule has 10 heavy (non-hydrogen) atoms. The largest absolute Gasteiger partial charge is 0.399 e. The minimum Gasteiger partial charge on any atom is -0.399 e. The Bertz CT molecular complexity index is 225. The zero-order valence-corrected chi connectivity index (χ0v) is 5.49. The molecule has 0 saturated heterocycles. The van der Waals surface area contributed by atoms with Crippen LogP contribution in [0.4, 0.5) is 5.69 Å². The van der Waals surface area contributed by atoms with Crippen molar-refractivity contribution < 1.29 is 0 Å². The predicted molar refractivity (Wildman–Crippen MR) is 42.6 cm³/mol.